The summed E-state index contributed by atoms with van der Waals surface area (Å²) in [5.41, 5.74) is 1.64. The zero-order valence-electron chi connectivity index (χ0n) is 12.1. The third kappa shape index (κ3) is 1.85. The van der Waals surface area contributed by atoms with Gasteiger partial charge in [0.25, 0.3) is 5.56 Å². The molecule has 1 aliphatic rings. The van der Waals surface area contributed by atoms with E-state index in [2.05, 4.69) is 4.98 Å². The number of carbonyl (C=O) groups is 1. The molecule has 2 aromatic heterocycles. The first-order chi connectivity index (χ1) is 10.7. The summed E-state index contributed by atoms with van der Waals surface area (Å²) in [6.07, 6.45) is 2.18. The summed E-state index contributed by atoms with van der Waals surface area (Å²) in [7, 11) is 0. The van der Waals surface area contributed by atoms with Gasteiger partial charge >= 0.3 is 0 Å². The highest BCUT2D eigenvalue weighted by molar-refractivity contribution is 7.20. The highest BCUT2D eigenvalue weighted by Gasteiger charge is 2.26. The van der Waals surface area contributed by atoms with E-state index < -0.39 is 0 Å². The number of hydrogen-bond acceptors (Lipinski definition) is 4. The van der Waals surface area contributed by atoms with Gasteiger partial charge in [0.15, 0.2) is 5.78 Å². The van der Waals surface area contributed by atoms with Crippen LogP contribution in [0.5, 0.6) is 0 Å². The van der Waals surface area contributed by atoms with Crippen LogP contribution < -0.4 is 5.56 Å². The van der Waals surface area contributed by atoms with Crippen LogP contribution in [0.2, 0.25) is 0 Å². The molecule has 4 rings (SSSR count). The van der Waals surface area contributed by atoms with Gasteiger partial charge < -0.3 is 0 Å². The molecular weight excluding hydrogens is 296 g/mol. The number of nitrogens with zero attached hydrogens (tertiary/aromatic N) is 2. The van der Waals surface area contributed by atoms with E-state index in [0.29, 0.717) is 22.5 Å². The second kappa shape index (κ2) is 4.88. The molecule has 0 saturated heterocycles. The average molecular weight is 310 g/mol. The van der Waals surface area contributed by atoms with Crippen molar-refractivity contribution >= 4 is 27.3 Å². The number of hydrogen-bond donors (Lipinski definition) is 0. The van der Waals surface area contributed by atoms with Crippen molar-refractivity contribution in [3.8, 4) is 5.69 Å². The second-order valence-electron chi connectivity index (χ2n) is 5.50. The Balaban J connectivity index is 2.09. The zero-order chi connectivity index (χ0) is 15.3. The molecule has 3 aromatic rings. The fourth-order valence-electron chi connectivity index (χ4n) is 3.09. The maximum atomic E-state index is 13.0. The number of ketones is 1. The Morgan fingerprint density at radius 3 is 2.68 bits per heavy atom. The summed E-state index contributed by atoms with van der Waals surface area (Å²) in [6.45, 7) is 1.83. The third-order valence-corrected chi connectivity index (χ3v) is 5.26. The maximum Gasteiger partial charge on any atom is 0.267 e. The van der Waals surface area contributed by atoms with Crippen LogP contribution in [0.15, 0.2) is 35.1 Å². The van der Waals surface area contributed by atoms with Crippen molar-refractivity contribution in [3.63, 3.8) is 0 Å². The fraction of sp³-hybridized carbons (Fsp3) is 0.235. The molecule has 5 heteroatoms. The Morgan fingerprint density at radius 2 is 1.91 bits per heavy atom. The molecule has 1 aromatic carbocycles. The number of benzene rings is 1. The number of Topliss-reactive ketones (excluding diaryl/α,β-unsaturated/α-hetero) is 1. The highest BCUT2D eigenvalue weighted by atomic mass is 32.1. The standard InChI is InChI=1S/C17H14N2O2S/c1-10-18-16-14(12-8-5-9-13(20)15(12)22-16)17(21)19(10)11-6-3-2-4-7-11/h2-4,6-7H,5,8-9H2,1H3. The second-order valence-corrected chi connectivity index (χ2v) is 6.50. The minimum absolute atomic E-state index is 0.0686. The highest BCUT2D eigenvalue weighted by Crippen LogP contribution is 2.34. The first kappa shape index (κ1) is 13.4. The number of carbonyl (C=O) groups excluding carboxylic acids is 1. The molecule has 2 heterocycles. The van der Waals surface area contributed by atoms with Gasteiger partial charge in [-0.25, -0.2) is 4.98 Å². The summed E-state index contributed by atoms with van der Waals surface area (Å²) in [5, 5.41) is 0.627. The number of thiophene rings is 1. The summed E-state index contributed by atoms with van der Waals surface area (Å²) in [6, 6.07) is 9.51. The summed E-state index contributed by atoms with van der Waals surface area (Å²) >= 11 is 1.37. The van der Waals surface area contributed by atoms with Gasteiger partial charge in [-0.1, -0.05) is 18.2 Å². The number of rotatable bonds is 1. The van der Waals surface area contributed by atoms with E-state index in [1.807, 2.05) is 37.3 Å². The van der Waals surface area contributed by atoms with E-state index in [4.69, 9.17) is 0 Å². The third-order valence-electron chi connectivity index (χ3n) is 4.09. The minimum Gasteiger partial charge on any atom is -0.293 e. The fourth-order valence-corrected chi connectivity index (χ4v) is 4.32. The zero-order valence-corrected chi connectivity index (χ0v) is 12.9. The van der Waals surface area contributed by atoms with Gasteiger partial charge in [-0.3, -0.25) is 14.2 Å². The molecule has 0 amide bonds. The van der Waals surface area contributed by atoms with Crippen molar-refractivity contribution in [1.29, 1.82) is 0 Å². The first-order valence-corrected chi connectivity index (χ1v) is 8.12. The van der Waals surface area contributed by atoms with Crippen molar-refractivity contribution in [1.82, 2.24) is 9.55 Å². The number of para-hydroxylation sites is 1. The quantitative estimate of drug-likeness (QED) is 0.693. The molecule has 0 atom stereocenters. The van der Waals surface area contributed by atoms with Crippen LogP contribution in [0.3, 0.4) is 0 Å². The van der Waals surface area contributed by atoms with Gasteiger partial charge in [0.2, 0.25) is 0 Å². The van der Waals surface area contributed by atoms with Gasteiger partial charge in [0, 0.05) is 6.42 Å². The molecule has 110 valence electrons. The molecule has 0 radical (unpaired) electrons. The van der Waals surface area contributed by atoms with E-state index in [1.165, 1.54) is 11.3 Å². The molecule has 0 aliphatic heterocycles. The van der Waals surface area contributed by atoms with E-state index >= 15 is 0 Å². The topological polar surface area (TPSA) is 52.0 Å². The van der Waals surface area contributed by atoms with Crippen LogP contribution in [0.25, 0.3) is 15.9 Å². The lowest BCUT2D eigenvalue weighted by molar-refractivity contribution is 0.0977. The Bertz CT molecular complexity index is 954. The molecule has 0 spiro atoms. The lowest BCUT2D eigenvalue weighted by Crippen LogP contribution is -2.22. The largest absolute Gasteiger partial charge is 0.293 e. The number of aryl methyl sites for hydroxylation is 2. The minimum atomic E-state index is -0.0686. The van der Waals surface area contributed by atoms with Gasteiger partial charge in [0.1, 0.15) is 10.7 Å². The van der Waals surface area contributed by atoms with Gasteiger partial charge in [-0.2, -0.15) is 0 Å². The van der Waals surface area contributed by atoms with Crippen LogP contribution in [0, 0.1) is 6.92 Å². The molecule has 22 heavy (non-hydrogen) atoms. The van der Waals surface area contributed by atoms with Crippen LogP contribution in [-0.4, -0.2) is 15.3 Å². The lowest BCUT2D eigenvalue weighted by atomic mass is 9.96. The van der Waals surface area contributed by atoms with Gasteiger partial charge in [-0.05, 0) is 37.5 Å². The monoisotopic (exact) mass is 310 g/mol. The molecule has 0 N–H and O–H groups in total. The van der Waals surface area contributed by atoms with Crippen LogP contribution in [0.1, 0.15) is 33.9 Å². The van der Waals surface area contributed by atoms with Crippen molar-refractivity contribution in [2.24, 2.45) is 0 Å². The molecule has 0 saturated carbocycles. The Hall–Kier alpha value is -2.27. The number of aromatic nitrogens is 2. The van der Waals surface area contributed by atoms with Crippen molar-refractivity contribution in [2.45, 2.75) is 26.2 Å². The lowest BCUT2D eigenvalue weighted by Gasteiger charge is -2.11. The van der Waals surface area contributed by atoms with Crippen LogP contribution in [0.4, 0.5) is 0 Å². The number of fused-ring (bicyclic) bond motifs is 3. The van der Waals surface area contributed by atoms with Crippen molar-refractivity contribution in [3.05, 3.63) is 57.0 Å². The van der Waals surface area contributed by atoms with E-state index in [1.54, 1.807) is 4.57 Å². The van der Waals surface area contributed by atoms with Crippen molar-refractivity contribution < 1.29 is 4.79 Å². The summed E-state index contributed by atoms with van der Waals surface area (Å²) in [4.78, 5) is 31.1. The van der Waals surface area contributed by atoms with E-state index in [-0.39, 0.29) is 11.3 Å². The normalized spacial score (nSPS) is 14.3. The predicted octanol–water partition coefficient (Wildman–Crippen LogP) is 3.27. The molecule has 1 aliphatic carbocycles. The van der Waals surface area contributed by atoms with Gasteiger partial charge in [-0.15, -0.1) is 11.3 Å². The molecule has 0 fully saturated rings. The van der Waals surface area contributed by atoms with E-state index in [0.717, 1.165) is 29.0 Å². The van der Waals surface area contributed by atoms with Crippen LogP contribution in [-0.2, 0) is 6.42 Å². The molecular formula is C17H14N2O2S. The van der Waals surface area contributed by atoms with Gasteiger partial charge in [0.05, 0.1) is 16.0 Å². The smallest absolute Gasteiger partial charge is 0.267 e. The Labute approximate surface area is 131 Å². The van der Waals surface area contributed by atoms with E-state index in [9.17, 15) is 9.59 Å². The average Bonchev–Trinajstić information content (AvgIpc) is 2.88. The summed E-state index contributed by atoms with van der Waals surface area (Å²) < 4.78 is 1.63. The summed E-state index contributed by atoms with van der Waals surface area (Å²) in [5.74, 6) is 0.794. The van der Waals surface area contributed by atoms with Crippen LogP contribution >= 0.6 is 11.3 Å². The Kier molecular flexibility index (Phi) is 2.97. The van der Waals surface area contributed by atoms with Crippen molar-refractivity contribution in [2.75, 3.05) is 0 Å². The first-order valence-electron chi connectivity index (χ1n) is 7.30. The molecule has 0 unspecified atom stereocenters. The predicted molar refractivity (Wildman–Crippen MR) is 87.2 cm³/mol. The molecule has 0 bridgehead atoms. The maximum absolute atomic E-state index is 13.0. The SMILES string of the molecule is Cc1nc2sc3c(c2c(=O)n1-c1ccccc1)CCCC3=O. The molecule has 4 nitrogen and oxygen atoms in total. The Morgan fingerprint density at radius 1 is 1.14 bits per heavy atom.